The van der Waals surface area contributed by atoms with Crippen molar-refractivity contribution in [2.24, 2.45) is 5.92 Å². The fourth-order valence-electron chi connectivity index (χ4n) is 0.532. The zero-order valence-electron chi connectivity index (χ0n) is 5.29. The number of carboxylic acids is 1. The van der Waals surface area contributed by atoms with Crippen LogP contribution < -0.4 is 0 Å². The van der Waals surface area contributed by atoms with Gasteiger partial charge in [-0.15, -0.1) is 0 Å². The first-order valence-electron chi connectivity index (χ1n) is 2.84. The topological polar surface area (TPSA) is 61.1 Å². The number of hydrogen-bond donors (Lipinski definition) is 1. The summed E-state index contributed by atoms with van der Waals surface area (Å²) in [6.07, 6.45) is 1.19. The molecular formula is C6H10NNaO2. The second-order valence-electron chi connectivity index (χ2n) is 1.81. The SMILES string of the molecule is CCCC(C#N)C(=O)O.[NaH]. The molecular weight excluding hydrogens is 141 g/mol. The molecule has 0 saturated carbocycles. The Morgan fingerprint density at radius 1 is 1.80 bits per heavy atom. The van der Waals surface area contributed by atoms with E-state index in [2.05, 4.69) is 0 Å². The summed E-state index contributed by atoms with van der Waals surface area (Å²) in [7, 11) is 0. The first kappa shape index (κ1) is 12.6. The van der Waals surface area contributed by atoms with Gasteiger partial charge in [0.25, 0.3) is 0 Å². The third kappa shape index (κ3) is 4.80. The van der Waals surface area contributed by atoms with E-state index in [0.29, 0.717) is 6.42 Å². The molecule has 0 aliphatic carbocycles. The zero-order valence-corrected chi connectivity index (χ0v) is 5.29. The standard InChI is InChI=1S/C6H9NO2.Na.H/c1-2-3-5(4-7)6(8)9;;/h5H,2-3H2,1H3,(H,8,9);;. The number of rotatable bonds is 3. The molecule has 10 heavy (non-hydrogen) atoms. The molecule has 4 heteroatoms. The van der Waals surface area contributed by atoms with Crippen molar-refractivity contribution in [3.05, 3.63) is 0 Å². The van der Waals surface area contributed by atoms with E-state index >= 15 is 0 Å². The van der Waals surface area contributed by atoms with Gasteiger partial charge in [-0.1, -0.05) is 13.3 Å². The third-order valence-corrected chi connectivity index (χ3v) is 1.03. The molecule has 0 radical (unpaired) electrons. The third-order valence-electron chi connectivity index (χ3n) is 1.03. The molecule has 0 aliphatic heterocycles. The summed E-state index contributed by atoms with van der Waals surface area (Å²) in [5.74, 6) is -1.82. The maximum atomic E-state index is 10.1. The fourth-order valence-corrected chi connectivity index (χ4v) is 0.532. The van der Waals surface area contributed by atoms with Gasteiger partial charge in [-0.3, -0.25) is 4.79 Å². The van der Waals surface area contributed by atoms with E-state index in [9.17, 15) is 4.79 Å². The Morgan fingerprint density at radius 2 is 2.30 bits per heavy atom. The zero-order chi connectivity index (χ0) is 7.28. The van der Waals surface area contributed by atoms with E-state index in [1.54, 1.807) is 6.07 Å². The van der Waals surface area contributed by atoms with Gasteiger partial charge < -0.3 is 5.11 Å². The van der Waals surface area contributed by atoms with Crippen LogP contribution in [0.5, 0.6) is 0 Å². The van der Waals surface area contributed by atoms with Crippen LogP contribution in [0.25, 0.3) is 0 Å². The molecule has 0 aromatic carbocycles. The minimum absolute atomic E-state index is 0. The van der Waals surface area contributed by atoms with Crippen molar-refractivity contribution in [3.63, 3.8) is 0 Å². The average Bonchev–Trinajstić information content (AvgIpc) is 1.82. The molecule has 0 aromatic heterocycles. The number of nitriles is 1. The van der Waals surface area contributed by atoms with Crippen molar-refractivity contribution in [2.45, 2.75) is 19.8 Å². The number of carbonyl (C=O) groups is 1. The quantitative estimate of drug-likeness (QED) is 0.592. The maximum absolute atomic E-state index is 10.1. The van der Waals surface area contributed by atoms with Crippen LogP contribution in [0, 0.1) is 17.2 Å². The summed E-state index contributed by atoms with van der Waals surface area (Å²) in [6, 6.07) is 1.70. The van der Waals surface area contributed by atoms with Crippen molar-refractivity contribution in [3.8, 4) is 6.07 Å². The molecule has 0 saturated heterocycles. The average molecular weight is 151 g/mol. The molecule has 0 bridgehead atoms. The fraction of sp³-hybridized carbons (Fsp3) is 0.667. The molecule has 0 rings (SSSR count). The van der Waals surface area contributed by atoms with Crippen LogP contribution in [0.1, 0.15) is 19.8 Å². The van der Waals surface area contributed by atoms with E-state index < -0.39 is 11.9 Å². The Bertz CT molecular complexity index is 141. The summed E-state index contributed by atoms with van der Waals surface area (Å²) in [4.78, 5) is 10.1. The van der Waals surface area contributed by atoms with Crippen molar-refractivity contribution < 1.29 is 9.90 Å². The summed E-state index contributed by atoms with van der Waals surface area (Å²) in [6.45, 7) is 1.85. The van der Waals surface area contributed by atoms with Crippen LogP contribution in [0.15, 0.2) is 0 Å². The Labute approximate surface area is 82.3 Å². The van der Waals surface area contributed by atoms with E-state index in [0.717, 1.165) is 6.42 Å². The van der Waals surface area contributed by atoms with Crippen molar-refractivity contribution in [1.82, 2.24) is 0 Å². The van der Waals surface area contributed by atoms with Crippen molar-refractivity contribution >= 4 is 35.5 Å². The Balaban J connectivity index is 0. The van der Waals surface area contributed by atoms with Gasteiger partial charge in [0.15, 0.2) is 0 Å². The van der Waals surface area contributed by atoms with Crippen LogP contribution >= 0.6 is 0 Å². The van der Waals surface area contributed by atoms with Gasteiger partial charge in [-0.05, 0) is 6.42 Å². The predicted octanol–water partition coefficient (Wildman–Crippen LogP) is 0.362. The summed E-state index contributed by atoms with van der Waals surface area (Å²) in [5, 5.41) is 16.5. The molecule has 1 unspecified atom stereocenters. The molecule has 0 aliphatic rings. The van der Waals surface area contributed by atoms with Crippen LogP contribution in [0.2, 0.25) is 0 Å². The van der Waals surface area contributed by atoms with E-state index in [-0.39, 0.29) is 29.6 Å². The summed E-state index contributed by atoms with van der Waals surface area (Å²) < 4.78 is 0. The van der Waals surface area contributed by atoms with Gasteiger partial charge in [0.2, 0.25) is 0 Å². The molecule has 52 valence electrons. The van der Waals surface area contributed by atoms with E-state index in [1.165, 1.54) is 0 Å². The number of nitrogens with zero attached hydrogens (tertiary/aromatic N) is 1. The van der Waals surface area contributed by atoms with E-state index in [1.807, 2.05) is 6.92 Å². The number of carboxylic acid groups (broad SMARTS) is 1. The van der Waals surface area contributed by atoms with Gasteiger partial charge in [0.05, 0.1) is 6.07 Å². The molecule has 3 nitrogen and oxygen atoms in total. The number of hydrogen-bond acceptors (Lipinski definition) is 2. The molecule has 0 heterocycles. The van der Waals surface area contributed by atoms with Crippen LogP contribution in [-0.2, 0) is 4.79 Å². The first-order chi connectivity index (χ1) is 4.22. The summed E-state index contributed by atoms with van der Waals surface area (Å²) in [5.41, 5.74) is 0. The van der Waals surface area contributed by atoms with Crippen LogP contribution in [-0.4, -0.2) is 40.6 Å². The molecule has 1 N–H and O–H groups in total. The second kappa shape index (κ2) is 7.07. The molecule has 0 spiro atoms. The van der Waals surface area contributed by atoms with Gasteiger partial charge in [0, 0.05) is 0 Å². The summed E-state index contributed by atoms with van der Waals surface area (Å²) >= 11 is 0. The normalized spacial score (nSPS) is 10.8. The molecule has 1 atom stereocenters. The van der Waals surface area contributed by atoms with Gasteiger partial charge in [-0.2, -0.15) is 5.26 Å². The Hall–Kier alpha value is -0.0400. The molecule has 0 amide bonds. The Morgan fingerprint density at radius 3 is 2.40 bits per heavy atom. The second-order valence-corrected chi connectivity index (χ2v) is 1.81. The van der Waals surface area contributed by atoms with Gasteiger partial charge in [0.1, 0.15) is 5.92 Å². The Kier molecular flexibility index (Phi) is 8.92. The van der Waals surface area contributed by atoms with Gasteiger partial charge >= 0.3 is 35.5 Å². The van der Waals surface area contributed by atoms with E-state index in [4.69, 9.17) is 10.4 Å². The van der Waals surface area contributed by atoms with Crippen molar-refractivity contribution in [1.29, 1.82) is 5.26 Å². The minimum atomic E-state index is -1.01. The van der Waals surface area contributed by atoms with Crippen LogP contribution in [0.3, 0.4) is 0 Å². The van der Waals surface area contributed by atoms with Crippen molar-refractivity contribution in [2.75, 3.05) is 0 Å². The first-order valence-corrected chi connectivity index (χ1v) is 2.84. The predicted molar refractivity (Wildman–Crippen MR) is 38.8 cm³/mol. The van der Waals surface area contributed by atoms with Gasteiger partial charge in [-0.25, -0.2) is 0 Å². The van der Waals surface area contributed by atoms with Crippen LogP contribution in [0.4, 0.5) is 0 Å². The number of aliphatic carboxylic acids is 1. The monoisotopic (exact) mass is 151 g/mol. The molecule has 0 aromatic rings. The molecule has 0 fully saturated rings.